The van der Waals surface area contributed by atoms with Gasteiger partial charge in [0, 0.05) is 50.9 Å². The summed E-state index contributed by atoms with van der Waals surface area (Å²) in [6.45, 7) is 3.51. The van der Waals surface area contributed by atoms with Crippen molar-refractivity contribution < 1.29 is 17.9 Å². The molecule has 4 rings (SSSR count). The number of rotatable bonds is 4. The van der Waals surface area contributed by atoms with Crippen molar-refractivity contribution in [1.29, 1.82) is 0 Å². The number of likely N-dealkylation sites (tertiary alicyclic amines) is 1. The molecule has 2 saturated heterocycles. The highest BCUT2D eigenvalue weighted by molar-refractivity contribution is 7.89. The number of carbonyl (C=O) groups is 1. The zero-order valence-corrected chi connectivity index (χ0v) is 16.8. The normalized spacial score (nSPS) is 28.4. The van der Waals surface area contributed by atoms with E-state index in [1.165, 1.54) is 4.31 Å². The van der Waals surface area contributed by atoms with Gasteiger partial charge < -0.3 is 9.64 Å². The van der Waals surface area contributed by atoms with Gasteiger partial charge in [0.2, 0.25) is 15.9 Å². The summed E-state index contributed by atoms with van der Waals surface area (Å²) >= 11 is 0. The van der Waals surface area contributed by atoms with E-state index in [2.05, 4.69) is 5.10 Å². The molecule has 1 unspecified atom stereocenters. The highest BCUT2D eigenvalue weighted by atomic mass is 32.2. The van der Waals surface area contributed by atoms with Crippen LogP contribution in [0.2, 0.25) is 0 Å². The topological polar surface area (TPSA) is 84.7 Å². The summed E-state index contributed by atoms with van der Waals surface area (Å²) in [6.07, 6.45) is 7.68. The van der Waals surface area contributed by atoms with E-state index in [1.54, 1.807) is 15.8 Å². The summed E-state index contributed by atoms with van der Waals surface area (Å²) in [5, 5.41) is 3.68. The quantitative estimate of drug-likeness (QED) is 0.748. The van der Waals surface area contributed by atoms with Gasteiger partial charge >= 0.3 is 0 Å². The average Bonchev–Trinajstić information content (AvgIpc) is 3.25. The van der Waals surface area contributed by atoms with Crippen molar-refractivity contribution in [3.8, 4) is 0 Å². The van der Waals surface area contributed by atoms with E-state index < -0.39 is 20.9 Å². The van der Waals surface area contributed by atoms with E-state index in [0.717, 1.165) is 31.2 Å². The minimum atomic E-state index is -3.46. The van der Waals surface area contributed by atoms with Crippen molar-refractivity contribution in [3.63, 3.8) is 0 Å². The predicted octanol–water partition coefficient (Wildman–Crippen LogP) is 0.698. The van der Waals surface area contributed by atoms with Crippen LogP contribution in [0.5, 0.6) is 0 Å². The molecule has 0 aromatic carbocycles. The Balaban J connectivity index is 1.41. The maximum atomic E-state index is 13.1. The molecule has 1 aromatic heterocycles. The summed E-state index contributed by atoms with van der Waals surface area (Å²) in [7, 11) is -1.63. The lowest BCUT2D eigenvalue weighted by molar-refractivity contribution is -0.138. The molecule has 9 heteroatoms. The average molecular weight is 397 g/mol. The highest BCUT2D eigenvalue weighted by Gasteiger charge is 2.47. The number of amides is 1. The van der Waals surface area contributed by atoms with Gasteiger partial charge in [0.15, 0.2) is 0 Å². The Morgan fingerprint density at radius 2 is 2.00 bits per heavy atom. The van der Waals surface area contributed by atoms with Gasteiger partial charge in [-0.1, -0.05) is 12.8 Å². The highest BCUT2D eigenvalue weighted by Crippen LogP contribution is 2.33. The molecule has 27 heavy (non-hydrogen) atoms. The summed E-state index contributed by atoms with van der Waals surface area (Å²) in [5.41, 5.74) is 0.166. The van der Waals surface area contributed by atoms with E-state index in [4.69, 9.17) is 4.74 Å². The molecule has 1 saturated carbocycles. The van der Waals surface area contributed by atoms with E-state index in [1.807, 2.05) is 20.2 Å². The standard InChI is InChI=1S/C18H28N4O4S/c1-18(15-9-19-20(2)10-15)13-22(7-8-26-18)27(24,25)16-11-21(12-16)17(23)14-5-3-4-6-14/h9-10,14,16H,3-8,11-13H2,1-2H3. The summed E-state index contributed by atoms with van der Waals surface area (Å²) < 4.78 is 35.3. The smallest absolute Gasteiger partial charge is 0.225 e. The summed E-state index contributed by atoms with van der Waals surface area (Å²) in [5.74, 6) is 0.243. The van der Waals surface area contributed by atoms with Gasteiger partial charge in [-0.05, 0) is 19.8 Å². The lowest BCUT2D eigenvalue weighted by atomic mass is 9.98. The lowest BCUT2D eigenvalue weighted by Gasteiger charge is -2.45. The first-order valence-corrected chi connectivity index (χ1v) is 11.2. The molecule has 150 valence electrons. The van der Waals surface area contributed by atoms with Crippen LogP contribution in [0.25, 0.3) is 0 Å². The molecule has 0 bridgehead atoms. The molecule has 2 aliphatic heterocycles. The molecule has 0 radical (unpaired) electrons. The van der Waals surface area contributed by atoms with Crippen molar-refractivity contribution >= 4 is 15.9 Å². The molecule has 1 atom stereocenters. The summed E-state index contributed by atoms with van der Waals surface area (Å²) in [4.78, 5) is 14.2. The second kappa shape index (κ2) is 6.86. The number of morpholine rings is 1. The molecule has 3 heterocycles. The van der Waals surface area contributed by atoms with Gasteiger partial charge in [0.05, 0.1) is 12.8 Å². The van der Waals surface area contributed by atoms with Gasteiger partial charge in [0.25, 0.3) is 0 Å². The van der Waals surface area contributed by atoms with Crippen molar-refractivity contribution in [1.82, 2.24) is 19.0 Å². The fraction of sp³-hybridized carbons (Fsp3) is 0.778. The zero-order chi connectivity index (χ0) is 19.2. The van der Waals surface area contributed by atoms with Crippen LogP contribution in [0.1, 0.15) is 38.2 Å². The fourth-order valence-electron chi connectivity index (χ4n) is 4.37. The van der Waals surface area contributed by atoms with Gasteiger partial charge in [-0.15, -0.1) is 0 Å². The molecule has 1 aromatic rings. The van der Waals surface area contributed by atoms with Crippen molar-refractivity contribution in [2.24, 2.45) is 13.0 Å². The van der Waals surface area contributed by atoms with E-state index in [9.17, 15) is 13.2 Å². The minimum absolute atomic E-state index is 0.103. The number of hydrogen-bond acceptors (Lipinski definition) is 5. The molecule has 3 aliphatic rings. The molecule has 8 nitrogen and oxygen atoms in total. The van der Waals surface area contributed by atoms with E-state index >= 15 is 0 Å². The van der Waals surface area contributed by atoms with Crippen LogP contribution in [0, 0.1) is 5.92 Å². The van der Waals surface area contributed by atoms with Crippen LogP contribution < -0.4 is 0 Å². The van der Waals surface area contributed by atoms with Crippen LogP contribution in [0.15, 0.2) is 12.4 Å². The van der Waals surface area contributed by atoms with Gasteiger partial charge in [0.1, 0.15) is 10.9 Å². The van der Waals surface area contributed by atoms with Gasteiger partial charge in [-0.2, -0.15) is 9.40 Å². The number of nitrogens with zero attached hydrogens (tertiary/aromatic N) is 4. The largest absolute Gasteiger partial charge is 0.368 e. The molecule has 0 N–H and O–H groups in total. The van der Waals surface area contributed by atoms with Crippen LogP contribution in [0.3, 0.4) is 0 Å². The monoisotopic (exact) mass is 396 g/mol. The number of carbonyl (C=O) groups excluding carboxylic acids is 1. The Morgan fingerprint density at radius 1 is 1.30 bits per heavy atom. The first kappa shape index (κ1) is 18.9. The SMILES string of the molecule is Cn1cc(C2(C)CN(S(=O)(=O)C3CN(C(=O)C4CCCC4)C3)CCO2)cn1. The third kappa shape index (κ3) is 3.40. The number of hydrogen-bond donors (Lipinski definition) is 0. The first-order chi connectivity index (χ1) is 12.8. The van der Waals surface area contributed by atoms with Crippen molar-refractivity contribution in [3.05, 3.63) is 18.0 Å². The zero-order valence-electron chi connectivity index (χ0n) is 16.0. The van der Waals surface area contributed by atoms with Crippen LogP contribution in [-0.4, -0.2) is 71.3 Å². The number of ether oxygens (including phenoxy) is 1. The third-order valence-electron chi connectivity index (χ3n) is 6.20. The maximum Gasteiger partial charge on any atom is 0.225 e. The molecule has 1 aliphatic carbocycles. The maximum absolute atomic E-state index is 13.1. The summed E-state index contributed by atoms with van der Waals surface area (Å²) in [6, 6.07) is 0. The van der Waals surface area contributed by atoms with Crippen molar-refractivity contribution in [2.75, 3.05) is 32.8 Å². The Morgan fingerprint density at radius 3 is 2.63 bits per heavy atom. The lowest BCUT2D eigenvalue weighted by Crippen LogP contribution is -2.63. The Hall–Kier alpha value is -1.45. The molecular weight excluding hydrogens is 368 g/mol. The first-order valence-electron chi connectivity index (χ1n) is 9.70. The molecule has 3 fully saturated rings. The van der Waals surface area contributed by atoms with Gasteiger partial charge in [-0.25, -0.2) is 8.42 Å². The number of aromatic nitrogens is 2. The van der Waals surface area contributed by atoms with Crippen LogP contribution in [0.4, 0.5) is 0 Å². The predicted molar refractivity (Wildman–Crippen MR) is 99.3 cm³/mol. The minimum Gasteiger partial charge on any atom is -0.368 e. The number of aryl methyl sites for hydroxylation is 1. The van der Waals surface area contributed by atoms with Crippen molar-refractivity contribution in [2.45, 2.75) is 43.5 Å². The van der Waals surface area contributed by atoms with E-state index in [-0.39, 0.29) is 18.4 Å². The fourth-order valence-corrected chi connectivity index (χ4v) is 6.28. The third-order valence-corrected chi connectivity index (χ3v) is 8.37. The second-order valence-corrected chi connectivity index (χ2v) is 10.4. The molecule has 1 amide bonds. The Labute approximate surface area is 160 Å². The Bertz CT molecular complexity index is 811. The Kier molecular flexibility index (Phi) is 4.80. The van der Waals surface area contributed by atoms with E-state index in [0.29, 0.717) is 26.2 Å². The molecule has 0 spiro atoms. The van der Waals surface area contributed by atoms with Gasteiger partial charge in [-0.3, -0.25) is 9.48 Å². The van der Waals surface area contributed by atoms with Crippen LogP contribution >= 0.6 is 0 Å². The number of sulfonamides is 1. The second-order valence-electron chi connectivity index (χ2n) is 8.21. The van der Waals surface area contributed by atoms with Crippen LogP contribution in [-0.2, 0) is 32.2 Å². The molecular formula is C18H28N4O4S.